The first-order chi connectivity index (χ1) is 15.9. The van der Waals surface area contributed by atoms with Gasteiger partial charge >= 0.3 is 6.03 Å². The molecule has 4 amide bonds. The van der Waals surface area contributed by atoms with E-state index in [1.807, 2.05) is 38.1 Å². The van der Waals surface area contributed by atoms with E-state index in [2.05, 4.69) is 10.6 Å². The molecule has 1 heterocycles. The summed E-state index contributed by atoms with van der Waals surface area (Å²) in [6.07, 6.45) is 3.44. The molecule has 2 aromatic rings. The van der Waals surface area contributed by atoms with Crippen LogP contribution in [0.1, 0.15) is 39.5 Å². The molecule has 0 radical (unpaired) electrons. The number of ether oxygens (including phenoxy) is 2. The summed E-state index contributed by atoms with van der Waals surface area (Å²) >= 11 is 0. The van der Waals surface area contributed by atoms with Crippen LogP contribution in [-0.4, -0.2) is 41.4 Å². The molecule has 8 nitrogen and oxygen atoms in total. The molecule has 1 aliphatic heterocycles. The summed E-state index contributed by atoms with van der Waals surface area (Å²) in [6, 6.07) is 13.7. The molecular formula is C25H29N3O5. The highest BCUT2D eigenvalue weighted by molar-refractivity contribution is 6.10. The van der Waals surface area contributed by atoms with Crippen molar-refractivity contribution in [1.29, 1.82) is 0 Å². The second-order valence-electron chi connectivity index (χ2n) is 8.52. The van der Waals surface area contributed by atoms with Crippen molar-refractivity contribution < 1.29 is 23.9 Å². The largest absolute Gasteiger partial charge is 0.494 e. The van der Waals surface area contributed by atoms with Crippen molar-refractivity contribution in [1.82, 2.24) is 10.2 Å². The molecule has 1 saturated carbocycles. The van der Waals surface area contributed by atoms with Crippen LogP contribution in [-0.2, 0) is 9.59 Å². The molecule has 2 atom stereocenters. The van der Waals surface area contributed by atoms with Crippen molar-refractivity contribution in [2.45, 2.75) is 45.1 Å². The first kappa shape index (κ1) is 22.6. The van der Waals surface area contributed by atoms with Gasteiger partial charge in [0, 0.05) is 5.69 Å². The zero-order chi connectivity index (χ0) is 23.4. The molecule has 2 aromatic carbocycles. The molecule has 2 N–H and O–H groups in total. The Balaban J connectivity index is 1.33. The van der Waals surface area contributed by atoms with E-state index in [-0.39, 0.29) is 18.4 Å². The number of benzene rings is 2. The molecule has 2 fully saturated rings. The van der Waals surface area contributed by atoms with Crippen LogP contribution < -0.4 is 20.1 Å². The van der Waals surface area contributed by atoms with Gasteiger partial charge in [-0.25, -0.2) is 4.79 Å². The van der Waals surface area contributed by atoms with Gasteiger partial charge in [0.2, 0.25) is 5.91 Å². The van der Waals surface area contributed by atoms with Crippen molar-refractivity contribution in [3.8, 4) is 17.2 Å². The molecule has 8 heteroatoms. The fraction of sp³-hybridized carbons (Fsp3) is 0.400. The predicted molar refractivity (Wildman–Crippen MR) is 123 cm³/mol. The maximum absolute atomic E-state index is 13.0. The highest BCUT2D eigenvalue weighted by Crippen LogP contribution is 2.38. The molecule has 1 saturated heterocycles. The van der Waals surface area contributed by atoms with Gasteiger partial charge in [-0.15, -0.1) is 0 Å². The van der Waals surface area contributed by atoms with Crippen molar-refractivity contribution >= 4 is 23.5 Å². The lowest BCUT2D eigenvalue weighted by molar-refractivity contribution is -0.136. The number of anilines is 1. The standard InChI is InChI=1S/C25H29N3O5/c1-3-32-19-11-13-21(14-12-19)33-20-9-7-18(8-10-20)26-22(29)16-28-23(30)25(27-24(28)31)15-5-4-6-17(25)2/h7-14,17H,3-6,15-16H2,1-2H3,(H,26,29)(H,27,31)/t17-,25+/m0/s1. The van der Waals surface area contributed by atoms with E-state index < -0.39 is 17.5 Å². The smallest absolute Gasteiger partial charge is 0.325 e. The Bertz CT molecular complexity index is 1020. The Morgan fingerprint density at radius 3 is 2.33 bits per heavy atom. The number of nitrogens with zero attached hydrogens (tertiary/aromatic N) is 1. The fourth-order valence-electron chi connectivity index (χ4n) is 4.50. The summed E-state index contributed by atoms with van der Waals surface area (Å²) in [5.41, 5.74) is -0.318. The summed E-state index contributed by atoms with van der Waals surface area (Å²) in [5.74, 6) is 1.38. The van der Waals surface area contributed by atoms with E-state index in [9.17, 15) is 14.4 Å². The zero-order valence-electron chi connectivity index (χ0n) is 18.9. The molecule has 1 aliphatic carbocycles. The van der Waals surface area contributed by atoms with E-state index in [1.54, 1.807) is 24.3 Å². The van der Waals surface area contributed by atoms with Crippen LogP contribution >= 0.6 is 0 Å². The third-order valence-corrected chi connectivity index (χ3v) is 6.31. The fourth-order valence-corrected chi connectivity index (χ4v) is 4.50. The minimum absolute atomic E-state index is 0.0543. The van der Waals surface area contributed by atoms with Crippen LogP contribution in [0.3, 0.4) is 0 Å². The quantitative estimate of drug-likeness (QED) is 0.611. The van der Waals surface area contributed by atoms with E-state index >= 15 is 0 Å². The number of rotatable bonds is 7. The van der Waals surface area contributed by atoms with Gasteiger partial charge in [0.05, 0.1) is 6.61 Å². The minimum atomic E-state index is -0.866. The normalized spacial score (nSPS) is 22.2. The zero-order valence-corrected chi connectivity index (χ0v) is 18.9. The van der Waals surface area contributed by atoms with Gasteiger partial charge in [0.25, 0.3) is 5.91 Å². The predicted octanol–water partition coefficient (Wildman–Crippen LogP) is 4.32. The van der Waals surface area contributed by atoms with E-state index in [4.69, 9.17) is 9.47 Å². The summed E-state index contributed by atoms with van der Waals surface area (Å²) in [7, 11) is 0. The number of nitrogens with one attached hydrogen (secondary N) is 2. The van der Waals surface area contributed by atoms with Crippen molar-refractivity contribution in [2.24, 2.45) is 5.92 Å². The lowest BCUT2D eigenvalue weighted by atomic mass is 9.73. The van der Waals surface area contributed by atoms with Gasteiger partial charge in [-0.05, 0) is 74.2 Å². The first-order valence-electron chi connectivity index (χ1n) is 11.4. The SMILES string of the molecule is CCOc1ccc(Oc2ccc(NC(=O)CN3C(=O)N[C@@]4(CCCC[C@@H]4C)C3=O)cc2)cc1. The summed E-state index contributed by atoms with van der Waals surface area (Å²) in [6.45, 7) is 4.20. The van der Waals surface area contributed by atoms with E-state index in [1.165, 1.54) is 0 Å². The molecular weight excluding hydrogens is 422 g/mol. The second kappa shape index (κ2) is 9.52. The number of hydrogen-bond acceptors (Lipinski definition) is 5. The summed E-state index contributed by atoms with van der Waals surface area (Å²) in [5, 5.41) is 5.60. The summed E-state index contributed by atoms with van der Waals surface area (Å²) < 4.78 is 11.2. The van der Waals surface area contributed by atoms with Crippen molar-refractivity contribution in [3.63, 3.8) is 0 Å². The monoisotopic (exact) mass is 451 g/mol. The average Bonchev–Trinajstić information content (AvgIpc) is 3.03. The molecule has 2 aliphatic rings. The Morgan fingerprint density at radius 1 is 1.06 bits per heavy atom. The van der Waals surface area contributed by atoms with Crippen LogP contribution in [0.4, 0.5) is 10.5 Å². The Hall–Kier alpha value is -3.55. The lowest BCUT2D eigenvalue weighted by Crippen LogP contribution is -2.54. The van der Waals surface area contributed by atoms with Gasteiger partial charge in [-0.3, -0.25) is 14.5 Å². The van der Waals surface area contributed by atoms with Crippen LogP contribution in [0.5, 0.6) is 17.2 Å². The molecule has 4 rings (SSSR count). The van der Waals surface area contributed by atoms with Crippen molar-refractivity contribution in [3.05, 3.63) is 48.5 Å². The van der Waals surface area contributed by atoms with Crippen molar-refractivity contribution in [2.75, 3.05) is 18.5 Å². The second-order valence-corrected chi connectivity index (χ2v) is 8.52. The lowest BCUT2D eigenvalue weighted by Gasteiger charge is -2.36. The molecule has 0 bridgehead atoms. The highest BCUT2D eigenvalue weighted by Gasteiger charge is 2.55. The number of carbonyl (C=O) groups is 3. The Labute approximate surface area is 193 Å². The average molecular weight is 452 g/mol. The molecule has 33 heavy (non-hydrogen) atoms. The van der Waals surface area contributed by atoms with Gasteiger partial charge in [0.1, 0.15) is 29.3 Å². The van der Waals surface area contributed by atoms with Gasteiger partial charge in [0.15, 0.2) is 0 Å². The van der Waals surface area contributed by atoms with Gasteiger partial charge in [-0.2, -0.15) is 0 Å². The van der Waals surface area contributed by atoms with E-state index in [0.29, 0.717) is 30.2 Å². The molecule has 0 unspecified atom stereocenters. The van der Waals surface area contributed by atoms with Crippen LogP contribution in [0.2, 0.25) is 0 Å². The number of urea groups is 1. The topological polar surface area (TPSA) is 97.0 Å². The maximum Gasteiger partial charge on any atom is 0.325 e. The van der Waals surface area contributed by atoms with E-state index in [0.717, 1.165) is 29.9 Å². The van der Waals surface area contributed by atoms with Gasteiger partial charge < -0.3 is 20.1 Å². The van der Waals surface area contributed by atoms with Crippen LogP contribution in [0.15, 0.2) is 48.5 Å². The molecule has 174 valence electrons. The summed E-state index contributed by atoms with van der Waals surface area (Å²) in [4.78, 5) is 39.0. The van der Waals surface area contributed by atoms with Crippen LogP contribution in [0, 0.1) is 5.92 Å². The number of carbonyl (C=O) groups excluding carboxylic acids is 3. The third-order valence-electron chi connectivity index (χ3n) is 6.31. The Kier molecular flexibility index (Phi) is 6.53. The van der Waals surface area contributed by atoms with Gasteiger partial charge in [-0.1, -0.05) is 19.8 Å². The van der Waals surface area contributed by atoms with Crippen LogP contribution in [0.25, 0.3) is 0 Å². The number of hydrogen-bond donors (Lipinski definition) is 2. The third kappa shape index (κ3) is 4.79. The first-order valence-corrected chi connectivity index (χ1v) is 11.4. The number of imide groups is 1. The number of amides is 4. The maximum atomic E-state index is 13.0. The molecule has 0 aromatic heterocycles. The Morgan fingerprint density at radius 2 is 1.70 bits per heavy atom. The minimum Gasteiger partial charge on any atom is -0.494 e. The highest BCUT2D eigenvalue weighted by atomic mass is 16.5. The molecule has 1 spiro atoms.